The van der Waals surface area contributed by atoms with Gasteiger partial charge in [-0.05, 0) is 31.2 Å². The molecule has 3 aromatic carbocycles. The fourth-order valence-corrected chi connectivity index (χ4v) is 3.11. The van der Waals surface area contributed by atoms with Gasteiger partial charge in [-0.2, -0.15) is 13.5 Å². The summed E-state index contributed by atoms with van der Waals surface area (Å²) in [6.45, 7) is 2.04. The van der Waals surface area contributed by atoms with Crippen LogP contribution in [0.4, 0.5) is 22.7 Å². The summed E-state index contributed by atoms with van der Waals surface area (Å²) >= 11 is 0. The first-order valence-corrected chi connectivity index (χ1v) is 10.5. The second-order valence-electron chi connectivity index (χ2n) is 6.51. The number of anilines is 2. The van der Waals surface area contributed by atoms with Crippen molar-refractivity contribution in [3.8, 4) is 0 Å². The van der Waals surface area contributed by atoms with Gasteiger partial charge in [0.2, 0.25) is 0 Å². The van der Waals surface area contributed by atoms with Crippen LogP contribution in [0.1, 0.15) is 11.1 Å². The SMILES string of the molecule is Cc1ccc(N)cc1.O=[N+]([O-])c1ccc(N/N=C/c2ccccc2S(=O)(=O)O)c([N+](=O)[O-])c1. The standard InChI is InChI=1S/C13H10N4O7S.C7H9N/c18-16(19)10-5-6-11(12(7-10)17(20)21)15-14-8-9-3-1-2-4-13(9)25(22,23)24;1-6-2-4-7(8)5-3-6/h1-8,15H,(H,22,23,24);2-5H,8H2,1H3/b14-8+;. The van der Waals surface area contributed by atoms with Crippen molar-refractivity contribution in [1.29, 1.82) is 0 Å². The lowest BCUT2D eigenvalue weighted by molar-refractivity contribution is -0.393. The highest BCUT2D eigenvalue weighted by Crippen LogP contribution is 2.28. The lowest BCUT2D eigenvalue weighted by Gasteiger charge is -2.03. The number of benzene rings is 3. The second-order valence-corrected chi connectivity index (χ2v) is 7.90. The summed E-state index contributed by atoms with van der Waals surface area (Å²) in [7, 11) is -4.47. The minimum atomic E-state index is -4.47. The van der Waals surface area contributed by atoms with Crippen molar-refractivity contribution in [1.82, 2.24) is 0 Å². The zero-order valence-corrected chi connectivity index (χ0v) is 18.0. The Morgan fingerprint density at radius 1 is 1.00 bits per heavy atom. The molecule has 0 saturated carbocycles. The normalized spacial score (nSPS) is 10.8. The molecular weight excluding hydrogens is 454 g/mol. The molecule has 0 spiro atoms. The first-order chi connectivity index (χ1) is 15.5. The second kappa shape index (κ2) is 10.8. The summed E-state index contributed by atoms with van der Waals surface area (Å²) in [5, 5.41) is 25.3. The van der Waals surface area contributed by atoms with E-state index in [0.29, 0.717) is 0 Å². The lowest BCUT2D eigenvalue weighted by atomic mass is 10.2. The van der Waals surface area contributed by atoms with Gasteiger partial charge in [-0.1, -0.05) is 35.9 Å². The Kier molecular flexibility index (Phi) is 8.14. The Morgan fingerprint density at radius 3 is 2.18 bits per heavy atom. The Morgan fingerprint density at radius 2 is 1.64 bits per heavy atom. The van der Waals surface area contributed by atoms with Crippen LogP contribution in [-0.4, -0.2) is 29.0 Å². The first kappa shape index (κ1) is 24.9. The topological polar surface area (TPSA) is 191 Å². The zero-order valence-electron chi connectivity index (χ0n) is 17.2. The van der Waals surface area contributed by atoms with Crippen LogP contribution in [-0.2, 0) is 10.1 Å². The smallest absolute Gasteiger partial charge is 0.301 e. The van der Waals surface area contributed by atoms with Crippen LogP contribution < -0.4 is 11.2 Å². The van der Waals surface area contributed by atoms with Gasteiger partial charge < -0.3 is 5.73 Å². The molecular formula is C20H19N5O7S. The van der Waals surface area contributed by atoms with Gasteiger partial charge in [0.1, 0.15) is 10.6 Å². The van der Waals surface area contributed by atoms with E-state index >= 15 is 0 Å². The zero-order chi connectivity index (χ0) is 24.6. The van der Waals surface area contributed by atoms with E-state index in [0.717, 1.165) is 36.2 Å². The quantitative estimate of drug-likeness (QED) is 0.157. The van der Waals surface area contributed by atoms with Crippen LogP contribution in [0.25, 0.3) is 0 Å². The minimum Gasteiger partial charge on any atom is -0.399 e. The molecule has 172 valence electrons. The van der Waals surface area contributed by atoms with E-state index in [1.807, 2.05) is 31.2 Å². The molecule has 0 unspecified atom stereocenters. The van der Waals surface area contributed by atoms with Crippen molar-refractivity contribution >= 4 is 39.1 Å². The molecule has 0 bridgehead atoms. The van der Waals surface area contributed by atoms with Crippen LogP contribution in [0.2, 0.25) is 0 Å². The Bertz CT molecular complexity index is 1270. The van der Waals surface area contributed by atoms with Gasteiger partial charge in [-0.25, -0.2) is 0 Å². The molecule has 0 aliphatic heterocycles. The van der Waals surface area contributed by atoms with E-state index < -0.39 is 36.2 Å². The maximum atomic E-state index is 11.3. The van der Waals surface area contributed by atoms with Crippen LogP contribution in [0.5, 0.6) is 0 Å². The number of nitrogens with zero attached hydrogens (tertiary/aromatic N) is 3. The Balaban J connectivity index is 0.000000405. The Labute approximate surface area is 188 Å². The monoisotopic (exact) mass is 473 g/mol. The van der Waals surface area contributed by atoms with Gasteiger partial charge in [-0.15, -0.1) is 0 Å². The van der Waals surface area contributed by atoms with Crippen molar-refractivity contribution in [2.45, 2.75) is 11.8 Å². The van der Waals surface area contributed by atoms with Gasteiger partial charge in [0.25, 0.3) is 15.8 Å². The minimum absolute atomic E-state index is 0.0436. The number of rotatable bonds is 6. The van der Waals surface area contributed by atoms with E-state index in [1.165, 1.54) is 23.8 Å². The molecule has 0 amide bonds. The molecule has 12 nitrogen and oxygen atoms in total. The van der Waals surface area contributed by atoms with E-state index in [-0.39, 0.29) is 11.3 Å². The summed E-state index contributed by atoms with van der Waals surface area (Å²) in [5.74, 6) is 0. The van der Waals surface area contributed by atoms with E-state index in [2.05, 4.69) is 10.5 Å². The van der Waals surface area contributed by atoms with Gasteiger partial charge in [0.05, 0.1) is 22.1 Å². The molecule has 0 radical (unpaired) electrons. The largest absolute Gasteiger partial charge is 0.399 e. The van der Waals surface area contributed by atoms with E-state index in [4.69, 9.17) is 10.3 Å². The first-order valence-electron chi connectivity index (χ1n) is 9.09. The van der Waals surface area contributed by atoms with Crippen LogP contribution in [0, 0.1) is 27.2 Å². The molecule has 0 aliphatic carbocycles. The maximum Gasteiger partial charge on any atom is 0.301 e. The average Bonchev–Trinajstić information content (AvgIpc) is 2.76. The number of hydrogen-bond acceptors (Lipinski definition) is 9. The van der Waals surface area contributed by atoms with Crippen LogP contribution in [0.3, 0.4) is 0 Å². The number of nitro groups is 2. The molecule has 3 rings (SSSR count). The molecule has 0 aliphatic rings. The molecule has 0 fully saturated rings. The van der Waals surface area contributed by atoms with E-state index in [9.17, 15) is 28.6 Å². The Hall–Kier alpha value is -4.36. The van der Waals surface area contributed by atoms with Crippen molar-refractivity contribution < 1.29 is 22.8 Å². The predicted octanol–water partition coefficient (Wildman–Crippen LogP) is 3.77. The number of nitrogens with two attached hydrogens (primary N) is 1. The predicted molar refractivity (Wildman–Crippen MR) is 123 cm³/mol. The molecule has 0 atom stereocenters. The number of hydrazone groups is 1. The number of nitrogens with one attached hydrogen (secondary N) is 1. The van der Waals surface area contributed by atoms with Gasteiger partial charge in [-0.3, -0.25) is 30.2 Å². The highest BCUT2D eigenvalue weighted by molar-refractivity contribution is 7.86. The lowest BCUT2D eigenvalue weighted by Crippen LogP contribution is -2.03. The third-order valence-corrected chi connectivity index (χ3v) is 4.98. The maximum absolute atomic E-state index is 11.3. The summed E-state index contributed by atoms with van der Waals surface area (Å²) in [5.41, 5.74) is 8.70. The highest BCUT2D eigenvalue weighted by Gasteiger charge is 2.19. The summed E-state index contributed by atoms with van der Waals surface area (Å²) in [4.78, 5) is 19.7. The molecule has 33 heavy (non-hydrogen) atoms. The third-order valence-electron chi connectivity index (χ3n) is 4.05. The molecule has 3 aromatic rings. The fraction of sp³-hybridized carbons (Fsp3) is 0.0500. The molecule has 13 heteroatoms. The van der Waals surface area contributed by atoms with Gasteiger partial charge in [0, 0.05) is 17.3 Å². The fourth-order valence-electron chi connectivity index (χ4n) is 2.44. The third kappa shape index (κ3) is 7.37. The van der Waals surface area contributed by atoms with E-state index in [1.54, 1.807) is 0 Å². The number of hydrogen-bond donors (Lipinski definition) is 3. The van der Waals surface area contributed by atoms with Gasteiger partial charge >= 0.3 is 5.69 Å². The van der Waals surface area contributed by atoms with Crippen molar-refractivity contribution in [2.75, 3.05) is 11.2 Å². The van der Waals surface area contributed by atoms with Crippen LogP contribution >= 0.6 is 0 Å². The van der Waals surface area contributed by atoms with Crippen molar-refractivity contribution in [3.63, 3.8) is 0 Å². The van der Waals surface area contributed by atoms with Gasteiger partial charge in [0.15, 0.2) is 0 Å². The summed E-state index contributed by atoms with van der Waals surface area (Å²) in [6, 6.07) is 16.1. The molecule has 4 N–H and O–H groups in total. The van der Waals surface area contributed by atoms with Crippen LogP contribution in [0.15, 0.2) is 76.7 Å². The number of nitro benzene ring substituents is 2. The molecule has 0 saturated heterocycles. The van der Waals surface area contributed by atoms with Crippen molar-refractivity contribution in [3.05, 3.63) is 98.1 Å². The molecule has 0 heterocycles. The number of aryl methyl sites for hydroxylation is 1. The number of non-ortho nitro benzene ring substituents is 1. The summed E-state index contributed by atoms with van der Waals surface area (Å²) in [6.07, 6.45) is 1.04. The van der Waals surface area contributed by atoms with Crippen molar-refractivity contribution in [2.24, 2.45) is 5.10 Å². The molecule has 0 aromatic heterocycles. The summed E-state index contributed by atoms with van der Waals surface area (Å²) < 4.78 is 31.6. The number of nitrogen functional groups attached to an aromatic ring is 1. The highest BCUT2D eigenvalue weighted by atomic mass is 32.2. The average molecular weight is 473 g/mol.